The fourth-order valence-electron chi connectivity index (χ4n) is 0.944. The quantitative estimate of drug-likeness (QED) is 0.620. The summed E-state index contributed by atoms with van der Waals surface area (Å²) in [4.78, 5) is 15.2. The van der Waals surface area contributed by atoms with E-state index in [0.29, 0.717) is 18.8 Å². The van der Waals surface area contributed by atoms with Crippen molar-refractivity contribution in [3.63, 3.8) is 0 Å². The fourth-order valence-corrected chi connectivity index (χ4v) is 0.944. The Hall–Kier alpha value is -1.36. The number of carbonyl (C=O) groups excluding carboxylic acids is 1. The largest absolute Gasteiger partial charge is 0.396 e. The molecule has 5 heteroatoms. The molecule has 0 aliphatic rings. The van der Waals surface area contributed by atoms with Crippen molar-refractivity contribution in [1.29, 1.82) is 0 Å². The van der Waals surface area contributed by atoms with Gasteiger partial charge < -0.3 is 15.0 Å². The van der Waals surface area contributed by atoms with E-state index in [0.717, 1.165) is 0 Å². The van der Waals surface area contributed by atoms with Crippen LogP contribution in [0, 0.1) is 0 Å². The first-order chi connectivity index (χ1) is 6.25. The Morgan fingerprint density at radius 2 is 2.54 bits per heavy atom. The predicted octanol–water partition coefficient (Wildman–Crippen LogP) is -0.468. The lowest BCUT2D eigenvalue weighted by molar-refractivity contribution is 0.0937. The summed E-state index contributed by atoms with van der Waals surface area (Å²) in [5.41, 5.74) is 0. The number of aryl methyl sites for hydroxylation is 1. The molecule has 0 fully saturated rings. The van der Waals surface area contributed by atoms with Crippen LogP contribution in [0.3, 0.4) is 0 Å². The number of hydrogen-bond acceptors (Lipinski definition) is 3. The van der Waals surface area contributed by atoms with E-state index in [2.05, 4.69) is 10.3 Å². The predicted molar refractivity (Wildman–Crippen MR) is 47.2 cm³/mol. The van der Waals surface area contributed by atoms with Gasteiger partial charge in [0, 0.05) is 32.6 Å². The molecule has 1 heterocycles. The normalized spacial score (nSPS) is 10.0. The molecule has 0 bridgehead atoms. The molecule has 0 saturated carbocycles. The van der Waals surface area contributed by atoms with Gasteiger partial charge in [-0.05, 0) is 6.42 Å². The maximum atomic E-state index is 11.3. The summed E-state index contributed by atoms with van der Waals surface area (Å²) < 4.78 is 1.65. The van der Waals surface area contributed by atoms with E-state index in [1.807, 2.05) is 0 Å². The van der Waals surface area contributed by atoms with Gasteiger partial charge in [-0.25, -0.2) is 4.98 Å². The van der Waals surface area contributed by atoms with E-state index in [-0.39, 0.29) is 12.5 Å². The van der Waals surface area contributed by atoms with Crippen LogP contribution in [-0.2, 0) is 7.05 Å². The lowest BCUT2D eigenvalue weighted by atomic mass is 10.4. The number of hydrogen-bond donors (Lipinski definition) is 2. The molecule has 13 heavy (non-hydrogen) atoms. The Morgan fingerprint density at radius 3 is 3.08 bits per heavy atom. The molecule has 1 aromatic rings. The molecule has 1 aromatic heterocycles. The standard InChI is InChI=1S/C8H13N3O2/c1-11-5-4-9-7(11)8(13)10-3-2-6-12/h4-5,12H,2-3,6H2,1H3,(H,10,13). The van der Waals surface area contributed by atoms with E-state index in [4.69, 9.17) is 5.11 Å². The summed E-state index contributed by atoms with van der Waals surface area (Å²) in [5.74, 6) is 0.180. The van der Waals surface area contributed by atoms with E-state index >= 15 is 0 Å². The van der Waals surface area contributed by atoms with Gasteiger partial charge in [-0.2, -0.15) is 0 Å². The van der Waals surface area contributed by atoms with Gasteiger partial charge in [0.1, 0.15) is 0 Å². The number of imidazole rings is 1. The molecule has 0 saturated heterocycles. The molecule has 0 aromatic carbocycles. The van der Waals surface area contributed by atoms with Crippen LogP contribution in [0.1, 0.15) is 17.0 Å². The minimum atomic E-state index is -0.207. The SMILES string of the molecule is Cn1ccnc1C(=O)NCCCO. The molecule has 0 aliphatic carbocycles. The van der Waals surface area contributed by atoms with Gasteiger partial charge in [-0.3, -0.25) is 4.79 Å². The highest BCUT2D eigenvalue weighted by molar-refractivity contribution is 5.90. The highest BCUT2D eigenvalue weighted by atomic mass is 16.3. The van der Waals surface area contributed by atoms with Crippen molar-refractivity contribution in [3.8, 4) is 0 Å². The zero-order valence-corrected chi connectivity index (χ0v) is 7.53. The minimum Gasteiger partial charge on any atom is -0.396 e. The number of aromatic nitrogens is 2. The van der Waals surface area contributed by atoms with E-state index in [1.54, 1.807) is 24.0 Å². The summed E-state index contributed by atoms with van der Waals surface area (Å²) in [7, 11) is 1.76. The van der Waals surface area contributed by atoms with Crippen molar-refractivity contribution < 1.29 is 9.90 Å². The number of aliphatic hydroxyl groups is 1. The molecule has 0 spiro atoms. The number of amides is 1. The van der Waals surface area contributed by atoms with Crippen LogP contribution in [0.15, 0.2) is 12.4 Å². The summed E-state index contributed by atoms with van der Waals surface area (Å²) >= 11 is 0. The van der Waals surface area contributed by atoms with Gasteiger partial charge in [0.15, 0.2) is 5.82 Å². The van der Waals surface area contributed by atoms with Gasteiger partial charge in [-0.1, -0.05) is 0 Å². The summed E-state index contributed by atoms with van der Waals surface area (Å²) in [6.45, 7) is 0.559. The molecule has 1 amide bonds. The maximum absolute atomic E-state index is 11.3. The van der Waals surface area contributed by atoms with Crippen LogP contribution in [-0.4, -0.2) is 33.7 Å². The van der Waals surface area contributed by atoms with Crippen molar-refractivity contribution in [2.45, 2.75) is 6.42 Å². The zero-order chi connectivity index (χ0) is 9.68. The second-order valence-corrected chi connectivity index (χ2v) is 2.69. The smallest absolute Gasteiger partial charge is 0.287 e. The molecular weight excluding hydrogens is 170 g/mol. The average molecular weight is 183 g/mol. The van der Waals surface area contributed by atoms with Gasteiger partial charge in [-0.15, -0.1) is 0 Å². The molecule has 1 rings (SSSR count). The Labute approximate surface area is 76.4 Å². The number of carbonyl (C=O) groups is 1. The highest BCUT2D eigenvalue weighted by Gasteiger charge is 2.08. The molecular formula is C8H13N3O2. The van der Waals surface area contributed by atoms with Gasteiger partial charge in [0.05, 0.1) is 0 Å². The molecule has 5 nitrogen and oxygen atoms in total. The van der Waals surface area contributed by atoms with E-state index in [9.17, 15) is 4.79 Å². The van der Waals surface area contributed by atoms with Crippen LogP contribution in [0.2, 0.25) is 0 Å². The summed E-state index contributed by atoms with van der Waals surface area (Å²) in [6, 6.07) is 0. The summed E-state index contributed by atoms with van der Waals surface area (Å²) in [5, 5.41) is 11.1. The van der Waals surface area contributed by atoms with Crippen molar-refractivity contribution in [2.75, 3.05) is 13.2 Å². The Morgan fingerprint density at radius 1 is 1.77 bits per heavy atom. The molecule has 0 radical (unpaired) electrons. The van der Waals surface area contributed by atoms with E-state index in [1.165, 1.54) is 0 Å². The maximum Gasteiger partial charge on any atom is 0.287 e. The molecule has 0 unspecified atom stereocenters. The van der Waals surface area contributed by atoms with Crippen LogP contribution in [0.4, 0.5) is 0 Å². The first-order valence-electron chi connectivity index (χ1n) is 4.12. The highest BCUT2D eigenvalue weighted by Crippen LogP contribution is 1.93. The van der Waals surface area contributed by atoms with Crippen LogP contribution in [0.5, 0.6) is 0 Å². The van der Waals surface area contributed by atoms with Gasteiger partial charge >= 0.3 is 0 Å². The third-order valence-corrected chi connectivity index (χ3v) is 1.64. The number of rotatable bonds is 4. The monoisotopic (exact) mass is 183 g/mol. The van der Waals surface area contributed by atoms with Gasteiger partial charge in [0.25, 0.3) is 5.91 Å². The second kappa shape index (κ2) is 4.61. The minimum absolute atomic E-state index is 0.0842. The topological polar surface area (TPSA) is 67.2 Å². The second-order valence-electron chi connectivity index (χ2n) is 2.69. The third-order valence-electron chi connectivity index (χ3n) is 1.64. The zero-order valence-electron chi connectivity index (χ0n) is 7.53. The number of nitrogens with one attached hydrogen (secondary N) is 1. The molecule has 0 atom stereocenters. The van der Waals surface area contributed by atoms with Crippen LogP contribution >= 0.6 is 0 Å². The van der Waals surface area contributed by atoms with Crippen LogP contribution in [0.25, 0.3) is 0 Å². The summed E-state index contributed by atoms with van der Waals surface area (Å²) in [6.07, 6.45) is 3.85. The Bertz CT molecular complexity index is 283. The lowest BCUT2D eigenvalue weighted by Crippen LogP contribution is -2.27. The molecule has 2 N–H and O–H groups in total. The lowest BCUT2D eigenvalue weighted by Gasteiger charge is -2.02. The number of aliphatic hydroxyl groups excluding tert-OH is 1. The van der Waals surface area contributed by atoms with Gasteiger partial charge in [0.2, 0.25) is 0 Å². The molecule has 0 aliphatic heterocycles. The third kappa shape index (κ3) is 2.55. The van der Waals surface area contributed by atoms with Crippen LogP contribution < -0.4 is 5.32 Å². The van der Waals surface area contributed by atoms with Crippen molar-refractivity contribution in [3.05, 3.63) is 18.2 Å². The van der Waals surface area contributed by atoms with Crippen molar-refractivity contribution in [1.82, 2.24) is 14.9 Å². The average Bonchev–Trinajstić information content (AvgIpc) is 2.52. The van der Waals surface area contributed by atoms with Crippen molar-refractivity contribution >= 4 is 5.91 Å². The Balaban J connectivity index is 2.45. The first-order valence-corrected chi connectivity index (χ1v) is 4.12. The van der Waals surface area contributed by atoms with E-state index < -0.39 is 0 Å². The van der Waals surface area contributed by atoms with Crippen molar-refractivity contribution in [2.24, 2.45) is 7.05 Å². The Kier molecular flexibility index (Phi) is 3.45. The molecule has 72 valence electrons. The fraction of sp³-hybridized carbons (Fsp3) is 0.500. The first kappa shape index (κ1) is 9.73. The number of nitrogens with zero attached hydrogens (tertiary/aromatic N) is 2.